The molecule has 0 atom stereocenters. The Labute approximate surface area is 115 Å². The summed E-state index contributed by atoms with van der Waals surface area (Å²) in [6.07, 6.45) is 0. The fourth-order valence-corrected chi connectivity index (χ4v) is 1.93. The van der Waals surface area contributed by atoms with E-state index < -0.39 is 5.97 Å². The van der Waals surface area contributed by atoms with Crippen molar-refractivity contribution in [1.82, 2.24) is 4.98 Å². The van der Waals surface area contributed by atoms with Crippen LogP contribution in [-0.4, -0.2) is 16.1 Å². The summed E-state index contributed by atoms with van der Waals surface area (Å²) in [7, 11) is 0. The summed E-state index contributed by atoms with van der Waals surface area (Å²) in [5, 5.41) is 12.3. The molecule has 0 aliphatic heterocycles. The normalized spacial score (nSPS) is 10.5. The summed E-state index contributed by atoms with van der Waals surface area (Å²) >= 11 is 5.88. The number of anilines is 1. The topological polar surface area (TPSA) is 75.4 Å². The molecule has 100 valence electrons. The summed E-state index contributed by atoms with van der Waals surface area (Å²) in [5.41, 5.74) is 1.30. The largest absolute Gasteiger partial charge is 0.478 e. The van der Waals surface area contributed by atoms with Gasteiger partial charge < -0.3 is 14.8 Å². The molecule has 5 nitrogen and oxygen atoms in total. The van der Waals surface area contributed by atoms with Gasteiger partial charge in [0.2, 0.25) is 5.89 Å². The molecule has 2 aromatic rings. The Morgan fingerprint density at radius 2 is 2.21 bits per heavy atom. The quantitative estimate of drug-likeness (QED) is 0.899. The van der Waals surface area contributed by atoms with Crippen molar-refractivity contribution in [3.05, 3.63) is 46.1 Å². The molecule has 0 saturated carbocycles. The Balaban J connectivity index is 2.20. The van der Waals surface area contributed by atoms with E-state index in [2.05, 4.69) is 10.3 Å². The molecule has 0 fully saturated rings. The zero-order chi connectivity index (χ0) is 14.0. The van der Waals surface area contributed by atoms with E-state index in [0.29, 0.717) is 18.1 Å². The van der Waals surface area contributed by atoms with E-state index in [1.165, 1.54) is 6.07 Å². The summed E-state index contributed by atoms with van der Waals surface area (Å²) in [4.78, 5) is 15.4. The lowest BCUT2D eigenvalue weighted by atomic mass is 10.2. The molecule has 1 aromatic heterocycles. The van der Waals surface area contributed by atoms with Crippen LogP contribution in [0.3, 0.4) is 0 Å². The highest BCUT2D eigenvalue weighted by Crippen LogP contribution is 2.24. The zero-order valence-electron chi connectivity index (χ0n) is 10.5. The zero-order valence-corrected chi connectivity index (χ0v) is 11.3. The van der Waals surface area contributed by atoms with Crippen LogP contribution in [-0.2, 0) is 6.54 Å². The Kier molecular flexibility index (Phi) is 3.76. The summed E-state index contributed by atoms with van der Waals surface area (Å²) in [5.74, 6) is 0.181. The number of carboxylic acid groups (broad SMARTS) is 1. The van der Waals surface area contributed by atoms with Crippen molar-refractivity contribution < 1.29 is 14.3 Å². The first-order valence-corrected chi connectivity index (χ1v) is 6.05. The van der Waals surface area contributed by atoms with Crippen molar-refractivity contribution in [2.24, 2.45) is 0 Å². The molecule has 0 saturated heterocycles. The average molecular weight is 281 g/mol. The second kappa shape index (κ2) is 5.32. The second-order valence-electron chi connectivity index (χ2n) is 4.07. The number of halogens is 1. The fourth-order valence-electron chi connectivity index (χ4n) is 1.67. The lowest BCUT2D eigenvalue weighted by molar-refractivity contribution is 0.0698. The van der Waals surface area contributed by atoms with Gasteiger partial charge in [0, 0.05) is 0 Å². The van der Waals surface area contributed by atoms with E-state index in [1.54, 1.807) is 12.1 Å². The first kappa shape index (κ1) is 13.4. The van der Waals surface area contributed by atoms with E-state index in [-0.39, 0.29) is 10.6 Å². The molecular formula is C13H13ClN2O3. The molecule has 1 heterocycles. The van der Waals surface area contributed by atoms with Crippen LogP contribution < -0.4 is 5.32 Å². The maximum absolute atomic E-state index is 11.1. The van der Waals surface area contributed by atoms with Gasteiger partial charge in [0.15, 0.2) is 0 Å². The van der Waals surface area contributed by atoms with Gasteiger partial charge in [-0.1, -0.05) is 17.7 Å². The van der Waals surface area contributed by atoms with Crippen LogP contribution in [0.15, 0.2) is 22.6 Å². The molecule has 0 bridgehead atoms. The van der Waals surface area contributed by atoms with Gasteiger partial charge in [-0.05, 0) is 26.0 Å². The van der Waals surface area contributed by atoms with Crippen LogP contribution in [0.2, 0.25) is 5.02 Å². The van der Waals surface area contributed by atoms with Crippen molar-refractivity contribution in [3.8, 4) is 0 Å². The molecule has 0 radical (unpaired) electrons. The number of aromatic nitrogens is 1. The number of hydrogen-bond donors (Lipinski definition) is 2. The highest BCUT2D eigenvalue weighted by atomic mass is 35.5. The lowest BCUT2D eigenvalue weighted by Crippen LogP contribution is -2.07. The summed E-state index contributed by atoms with van der Waals surface area (Å²) in [6, 6.07) is 4.87. The molecule has 2 N–H and O–H groups in total. The maximum atomic E-state index is 11.1. The Morgan fingerprint density at radius 1 is 1.47 bits per heavy atom. The number of aromatic carboxylic acids is 1. The molecule has 0 unspecified atom stereocenters. The predicted molar refractivity (Wildman–Crippen MR) is 71.7 cm³/mol. The van der Waals surface area contributed by atoms with Gasteiger partial charge in [0.25, 0.3) is 0 Å². The monoisotopic (exact) mass is 280 g/mol. The van der Waals surface area contributed by atoms with E-state index >= 15 is 0 Å². The standard InChI is InChI=1S/C13H13ClN2O3/c1-7-8(2)19-11(16-7)6-15-10-5-3-4-9(14)12(10)13(17)18/h3-5,15H,6H2,1-2H3,(H,17,18). The van der Waals surface area contributed by atoms with Gasteiger partial charge in [-0.25, -0.2) is 9.78 Å². The maximum Gasteiger partial charge on any atom is 0.339 e. The first-order valence-electron chi connectivity index (χ1n) is 5.67. The number of nitrogens with one attached hydrogen (secondary N) is 1. The number of oxazole rings is 1. The number of carboxylic acids is 1. The summed E-state index contributed by atoms with van der Waals surface area (Å²) in [6.45, 7) is 3.98. The third kappa shape index (κ3) is 2.88. The number of benzene rings is 1. The van der Waals surface area contributed by atoms with Crippen LogP contribution in [0.5, 0.6) is 0 Å². The van der Waals surface area contributed by atoms with Gasteiger partial charge >= 0.3 is 5.97 Å². The molecule has 0 aliphatic carbocycles. The highest BCUT2D eigenvalue weighted by Gasteiger charge is 2.14. The van der Waals surface area contributed by atoms with Crippen LogP contribution in [0.25, 0.3) is 0 Å². The van der Waals surface area contributed by atoms with Crippen molar-refractivity contribution in [2.75, 3.05) is 5.32 Å². The Hall–Kier alpha value is -2.01. The molecule has 0 aliphatic rings. The smallest absolute Gasteiger partial charge is 0.339 e. The first-order chi connectivity index (χ1) is 8.99. The minimum atomic E-state index is -1.08. The van der Waals surface area contributed by atoms with Gasteiger partial charge in [-0.2, -0.15) is 0 Å². The van der Waals surface area contributed by atoms with E-state index in [4.69, 9.17) is 21.1 Å². The van der Waals surface area contributed by atoms with E-state index in [0.717, 1.165) is 11.5 Å². The molecule has 19 heavy (non-hydrogen) atoms. The number of carbonyl (C=O) groups is 1. The van der Waals surface area contributed by atoms with Crippen LogP contribution in [0, 0.1) is 13.8 Å². The van der Waals surface area contributed by atoms with Gasteiger partial charge in [-0.15, -0.1) is 0 Å². The molecule has 0 amide bonds. The highest BCUT2D eigenvalue weighted by molar-refractivity contribution is 6.34. The molecule has 6 heteroatoms. The third-order valence-electron chi connectivity index (χ3n) is 2.73. The second-order valence-corrected chi connectivity index (χ2v) is 4.48. The number of aryl methyl sites for hydroxylation is 2. The van der Waals surface area contributed by atoms with Crippen molar-refractivity contribution in [3.63, 3.8) is 0 Å². The van der Waals surface area contributed by atoms with Crippen LogP contribution >= 0.6 is 11.6 Å². The predicted octanol–water partition coefficient (Wildman–Crippen LogP) is 3.26. The molecule has 1 aromatic carbocycles. The van der Waals surface area contributed by atoms with Crippen LogP contribution in [0.4, 0.5) is 5.69 Å². The third-order valence-corrected chi connectivity index (χ3v) is 3.05. The lowest BCUT2D eigenvalue weighted by Gasteiger charge is -2.08. The van der Waals surface area contributed by atoms with Gasteiger partial charge in [-0.3, -0.25) is 0 Å². The SMILES string of the molecule is Cc1nc(CNc2cccc(Cl)c2C(=O)O)oc1C. The minimum Gasteiger partial charge on any atom is -0.478 e. The molecule has 2 rings (SSSR count). The van der Waals surface area contributed by atoms with Crippen LogP contribution in [0.1, 0.15) is 27.7 Å². The molecule has 0 spiro atoms. The number of nitrogens with zero attached hydrogens (tertiary/aromatic N) is 1. The molecular weight excluding hydrogens is 268 g/mol. The number of hydrogen-bond acceptors (Lipinski definition) is 4. The summed E-state index contributed by atoms with van der Waals surface area (Å²) < 4.78 is 5.41. The van der Waals surface area contributed by atoms with Crippen molar-refractivity contribution in [1.29, 1.82) is 0 Å². The van der Waals surface area contributed by atoms with E-state index in [9.17, 15) is 4.79 Å². The Bertz CT molecular complexity index is 603. The van der Waals surface area contributed by atoms with Gasteiger partial charge in [0.05, 0.1) is 22.9 Å². The Morgan fingerprint density at radius 3 is 2.79 bits per heavy atom. The minimum absolute atomic E-state index is 0.0455. The van der Waals surface area contributed by atoms with Crippen molar-refractivity contribution in [2.45, 2.75) is 20.4 Å². The fraction of sp³-hybridized carbons (Fsp3) is 0.231. The number of rotatable bonds is 4. The van der Waals surface area contributed by atoms with E-state index in [1.807, 2.05) is 13.8 Å². The van der Waals surface area contributed by atoms with Crippen molar-refractivity contribution >= 4 is 23.3 Å². The average Bonchev–Trinajstić information content (AvgIpc) is 2.65. The van der Waals surface area contributed by atoms with Gasteiger partial charge in [0.1, 0.15) is 11.3 Å².